The van der Waals surface area contributed by atoms with Gasteiger partial charge in [-0.25, -0.2) is 0 Å². The Morgan fingerprint density at radius 1 is 1.14 bits per heavy atom. The van der Waals surface area contributed by atoms with Crippen molar-refractivity contribution >= 4 is 26.9 Å². The molecule has 0 amide bonds. The van der Waals surface area contributed by atoms with Gasteiger partial charge in [0, 0.05) is 0 Å². The van der Waals surface area contributed by atoms with Gasteiger partial charge >= 0.3 is 87.3 Å². The summed E-state index contributed by atoms with van der Waals surface area (Å²) in [7, 11) is 0. The Kier molecular flexibility index (Phi) is 6.48. The fraction of sp³-hybridized carbons (Fsp3) is 0.714. The van der Waals surface area contributed by atoms with Crippen molar-refractivity contribution in [3.63, 3.8) is 0 Å². The molecule has 0 aliphatic carbocycles. The number of carboxylic acid groups (broad SMARTS) is 2. The predicted octanol–water partition coefficient (Wildman–Crippen LogP) is -1.26. The van der Waals surface area contributed by atoms with Crippen molar-refractivity contribution in [1.29, 1.82) is 0 Å². The Balaban J connectivity index is 3.47. The molecule has 0 radical (unpaired) electrons. The van der Waals surface area contributed by atoms with Gasteiger partial charge in [0.05, 0.1) is 0 Å². The van der Waals surface area contributed by atoms with E-state index >= 15 is 0 Å². The van der Waals surface area contributed by atoms with E-state index in [1.54, 1.807) is 0 Å². The molecular weight excluding hydrogens is 255 g/mol. The van der Waals surface area contributed by atoms with Gasteiger partial charge in [0.2, 0.25) is 0 Å². The molecule has 0 fully saturated rings. The zero-order valence-electron chi connectivity index (χ0n) is 7.55. The van der Waals surface area contributed by atoms with Gasteiger partial charge in [0.1, 0.15) is 0 Å². The number of hydrogen-bond acceptors (Lipinski definition) is 4. The van der Waals surface area contributed by atoms with Crippen LogP contribution in [-0.4, -0.2) is 49.2 Å². The maximum absolute atomic E-state index is 10.3. The Labute approximate surface area is 87.8 Å². The summed E-state index contributed by atoms with van der Waals surface area (Å²) in [5.41, 5.74) is 10.5. The third-order valence-electron chi connectivity index (χ3n) is 1.50. The van der Waals surface area contributed by atoms with Gasteiger partial charge in [0.15, 0.2) is 0 Å². The predicted molar refractivity (Wildman–Crippen MR) is 51.2 cm³/mol. The van der Waals surface area contributed by atoms with Crippen molar-refractivity contribution in [3.05, 3.63) is 0 Å². The second-order valence-electron chi connectivity index (χ2n) is 2.75. The monoisotopic (exact) mass is 270 g/mol. The molecule has 14 heavy (non-hydrogen) atoms. The second-order valence-corrected chi connectivity index (χ2v) is 5.17. The zero-order valence-corrected chi connectivity index (χ0v) is 9.26. The number of hydrogen-bond donors (Lipinski definition) is 4. The molecule has 2 atom stereocenters. The van der Waals surface area contributed by atoms with Gasteiger partial charge in [-0.2, -0.15) is 0 Å². The molecule has 82 valence electrons. The molecule has 0 aromatic rings. The van der Waals surface area contributed by atoms with E-state index < -0.39 is 24.0 Å². The minimum atomic E-state index is -1.02. The fourth-order valence-corrected chi connectivity index (χ4v) is 2.68. The number of rotatable bonds is 7. The molecule has 0 aromatic heterocycles. The van der Waals surface area contributed by atoms with Crippen LogP contribution in [0.25, 0.3) is 0 Å². The molecule has 0 aliphatic rings. The second kappa shape index (κ2) is 6.78. The van der Waals surface area contributed by atoms with Crippen molar-refractivity contribution in [2.75, 3.05) is 0 Å². The van der Waals surface area contributed by atoms with Gasteiger partial charge in [-0.3, -0.25) is 0 Å². The van der Waals surface area contributed by atoms with E-state index in [1.807, 2.05) is 0 Å². The average Bonchev–Trinajstić information content (AvgIpc) is 2.11. The van der Waals surface area contributed by atoms with Crippen LogP contribution in [0.15, 0.2) is 0 Å². The summed E-state index contributed by atoms with van der Waals surface area (Å²) in [5.74, 6) is -2.04. The quantitative estimate of drug-likeness (QED) is 0.337. The van der Waals surface area contributed by atoms with E-state index in [1.165, 1.54) is 0 Å². The van der Waals surface area contributed by atoms with Crippen LogP contribution in [0, 0.1) is 0 Å². The van der Waals surface area contributed by atoms with Crippen LogP contribution in [0.5, 0.6) is 0 Å². The van der Waals surface area contributed by atoms with Crippen LogP contribution in [0.1, 0.15) is 6.42 Å². The van der Waals surface area contributed by atoms with Gasteiger partial charge in [-0.15, -0.1) is 0 Å². The van der Waals surface area contributed by atoms with E-state index in [9.17, 15) is 9.59 Å². The molecule has 6 nitrogen and oxygen atoms in total. The van der Waals surface area contributed by atoms with E-state index in [2.05, 4.69) is 0 Å². The minimum absolute atomic E-state index is 0.0465. The molecular formula is C7H14N2O4Se. The third-order valence-corrected chi connectivity index (χ3v) is 3.85. The SMILES string of the molecule is N[C@H](CC[Se]C[C@@H](N)C(=O)O)C(=O)O. The topological polar surface area (TPSA) is 127 Å². The van der Waals surface area contributed by atoms with Crippen molar-refractivity contribution in [2.24, 2.45) is 11.5 Å². The first kappa shape index (κ1) is 13.4. The Bertz CT molecular complexity index is 190. The standard InChI is InChI=1S/C7H14N2O4Se/c8-4(6(10)11)1-2-14-3-5(9)7(12)13/h4-5H,1-3,8-9H2,(H,10,11)(H,12,13)/t4-,5-/m1/s1. The fourth-order valence-electron chi connectivity index (χ4n) is 0.615. The number of nitrogens with two attached hydrogens (primary N) is 2. The third kappa shape index (κ3) is 5.93. The van der Waals surface area contributed by atoms with Gasteiger partial charge < -0.3 is 0 Å². The van der Waals surface area contributed by atoms with Crippen LogP contribution >= 0.6 is 0 Å². The summed E-state index contributed by atoms with van der Waals surface area (Å²) >= 11 is 0.0465. The van der Waals surface area contributed by atoms with Crippen LogP contribution in [0.2, 0.25) is 10.6 Å². The summed E-state index contributed by atoms with van der Waals surface area (Å²) in [4.78, 5) is 20.6. The van der Waals surface area contributed by atoms with Gasteiger partial charge in [0.25, 0.3) is 0 Å². The Morgan fingerprint density at radius 2 is 1.64 bits per heavy atom. The molecule has 0 rings (SSSR count). The molecule has 0 bridgehead atoms. The molecule has 0 aliphatic heterocycles. The number of carboxylic acids is 2. The molecule has 0 saturated heterocycles. The van der Waals surface area contributed by atoms with Gasteiger partial charge in [-0.05, 0) is 0 Å². The van der Waals surface area contributed by atoms with Crippen molar-refractivity contribution < 1.29 is 19.8 Å². The Hall–Kier alpha value is -0.621. The normalized spacial score (nSPS) is 14.7. The van der Waals surface area contributed by atoms with E-state index in [-0.39, 0.29) is 15.0 Å². The summed E-state index contributed by atoms with van der Waals surface area (Å²) in [5, 5.41) is 17.9. The van der Waals surface area contributed by atoms with Gasteiger partial charge in [-0.1, -0.05) is 0 Å². The molecule has 0 saturated carbocycles. The summed E-state index contributed by atoms with van der Waals surface area (Å²) in [6.45, 7) is 0. The first-order valence-corrected chi connectivity index (χ1v) is 6.42. The number of carbonyl (C=O) groups is 2. The van der Waals surface area contributed by atoms with Crippen LogP contribution in [-0.2, 0) is 9.59 Å². The Morgan fingerprint density at radius 3 is 2.07 bits per heavy atom. The molecule has 6 N–H and O–H groups in total. The molecule has 0 aromatic carbocycles. The molecule has 7 heteroatoms. The summed E-state index contributed by atoms with van der Waals surface area (Å²) < 4.78 is 0. The van der Waals surface area contributed by atoms with E-state index in [4.69, 9.17) is 21.7 Å². The van der Waals surface area contributed by atoms with Crippen molar-refractivity contribution in [2.45, 2.75) is 29.1 Å². The van der Waals surface area contributed by atoms with Crippen LogP contribution in [0.3, 0.4) is 0 Å². The first-order valence-electron chi connectivity index (χ1n) is 3.99. The van der Waals surface area contributed by atoms with Crippen LogP contribution < -0.4 is 11.5 Å². The first-order chi connectivity index (χ1) is 6.45. The average molecular weight is 269 g/mol. The summed E-state index contributed by atoms with van der Waals surface area (Å²) in [6, 6.07) is -1.69. The van der Waals surface area contributed by atoms with Crippen molar-refractivity contribution in [3.8, 4) is 0 Å². The van der Waals surface area contributed by atoms with Crippen molar-refractivity contribution in [1.82, 2.24) is 0 Å². The number of aliphatic carboxylic acids is 2. The maximum atomic E-state index is 10.3. The molecule has 0 spiro atoms. The van der Waals surface area contributed by atoms with E-state index in [0.29, 0.717) is 17.1 Å². The molecule has 0 unspecified atom stereocenters. The van der Waals surface area contributed by atoms with E-state index in [0.717, 1.165) is 0 Å². The summed E-state index contributed by atoms with van der Waals surface area (Å²) in [6.07, 6.45) is 0.377. The van der Waals surface area contributed by atoms with Crippen LogP contribution in [0.4, 0.5) is 0 Å². The molecule has 0 heterocycles. The zero-order chi connectivity index (χ0) is 11.1.